The number of hydrogen-bond acceptors (Lipinski definition) is 3. The smallest absolute Gasteiger partial charge is 0.161 e. The lowest BCUT2D eigenvalue weighted by Gasteiger charge is -2.10. The number of benzene rings is 1. The third-order valence-electron chi connectivity index (χ3n) is 2.72. The number of Topliss-reactive ketones (excluding diaryl/α,β-unsaturated/α-hetero) is 1. The van der Waals surface area contributed by atoms with E-state index in [1.807, 2.05) is 36.0 Å². The van der Waals surface area contributed by atoms with Crippen molar-refractivity contribution >= 4 is 27.4 Å². The molecule has 0 bridgehead atoms. The van der Waals surface area contributed by atoms with Gasteiger partial charge in [-0.2, -0.15) is 0 Å². The quantitative estimate of drug-likeness (QED) is 0.883. The van der Waals surface area contributed by atoms with Crippen molar-refractivity contribution in [2.75, 3.05) is 5.32 Å². The summed E-state index contributed by atoms with van der Waals surface area (Å²) < 4.78 is 2.84. The normalized spacial score (nSPS) is 10.4. The third kappa shape index (κ3) is 2.79. The van der Waals surface area contributed by atoms with Gasteiger partial charge in [-0.3, -0.25) is 4.79 Å². The molecule has 1 aromatic carbocycles. The molecule has 0 aliphatic rings. The molecule has 5 heteroatoms. The summed E-state index contributed by atoms with van der Waals surface area (Å²) in [4.78, 5) is 15.8. The molecule has 1 heterocycles. The number of carbonyl (C=O) groups is 1. The predicted molar refractivity (Wildman–Crippen MR) is 74.7 cm³/mol. The predicted octanol–water partition coefficient (Wildman–Crippen LogP) is 3.00. The van der Waals surface area contributed by atoms with Crippen LogP contribution in [0.5, 0.6) is 0 Å². The fourth-order valence-corrected chi connectivity index (χ4v) is 2.06. The van der Waals surface area contributed by atoms with Gasteiger partial charge in [-0.15, -0.1) is 0 Å². The van der Waals surface area contributed by atoms with Gasteiger partial charge in [0.1, 0.15) is 5.82 Å². The second-order valence-electron chi connectivity index (χ2n) is 4.05. The van der Waals surface area contributed by atoms with Gasteiger partial charge in [0.15, 0.2) is 5.78 Å². The number of anilines is 1. The first-order chi connectivity index (χ1) is 8.58. The molecule has 0 unspecified atom stereocenters. The minimum absolute atomic E-state index is 0.0404. The zero-order valence-electron chi connectivity index (χ0n) is 10.3. The van der Waals surface area contributed by atoms with E-state index in [2.05, 4.69) is 26.2 Å². The SMILES string of the molecule is CC(=O)c1cc(Br)ccc1NCc1nccn1C. The molecular formula is C13H14BrN3O. The maximum absolute atomic E-state index is 11.6. The van der Waals surface area contributed by atoms with Crippen LogP contribution in [0, 0.1) is 0 Å². The highest BCUT2D eigenvalue weighted by molar-refractivity contribution is 9.10. The molecule has 0 atom stereocenters. The summed E-state index contributed by atoms with van der Waals surface area (Å²) in [6, 6.07) is 5.63. The molecule has 94 valence electrons. The van der Waals surface area contributed by atoms with Gasteiger partial charge in [-0.1, -0.05) is 15.9 Å². The van der Waals surface area contributed by atoms with Crippen molar-refractivity contribution in [3.63, 3.8) is 0 Å². The molecule has 0 saturated carbocycles. The van der Waals surface area contributed by atoms with Crippen LogP contribution >= 0.6 is 15.9 Å². The number of nitrogens with zero attached hydrogens (tertiary/aromatic N) is 2. The van der Waals surface area contributed by atoms with Crippen LogP contribution in [0.4, 0.5) is 5.69 Å². The summed E-state index contributed by atoms with van der Waals surface area (Å²) in [6.45, 7) is 2.15. The number of imidazole rings is 1. The van der Waals surface area contributed by atoms with E-state index in [0.29, 0.717) is 12.1 Å². The van der Waals surface area contributed by atoms with Gasteiger partial charge >= 0.3 is 0 Å². The lowest BCUT2D eigenvalue weighted by molar-refractivity contribution is 0.101. The zero-order chi connectivity index (χ0) is 13.1. The molecule has 4 nitrogen and oxygen atoms in total. The highest BCUT2D eigenvalue weighted by atomic mass is 79.9. The first-order valence-corrected chi connectivity index (χ1v) is 6.38. The number of hydrogen-bond donors (Lipinski definition) is 1. The second kappa shape index (κ2) is 5.35. The molecule has 1 aromatic heterocycles. The first kappa shape index (κ1) is 12.8. The van der Waals surface area contributed by atoms with Crippen molar-refractivity contribution in [2.45, 2.75) is 13.5 Å². The van der Waals surface area contributed by atoms with E-state index in [1.54, 1.807) is 13.1 Å². The van der Waals surface area contributed by atoms with Gasteiger partial charge in [0.05, 0.1) is 6.54 Å². The highest BCUT2D eigenvalue weighted by Crippen LogP contribution is 2.22. The molecular weight excluding hydrogens is 294 g/mol. The lowest BCUT2D eigenvalue weighted by atomic mass is 10.1. The number of rotatable bonds is 4. The maximum Gasteiger partial charge on any atom is 0.161 e. The van der Waals surface area contributed by atoms with Crippen LogP contribution in [0.25, 0.3) is 0 Å². The van der Waals surface area contributed by atoms with Gasteiger partial charge < -0.3 is 9.88 Å². The second-order valence-corrected chi connectivity index (χ2v) is 4.97. The first-order valence-electron chi connectivity index (χ1n) is 5.58. The number of aryl methyl sites for hydroxylation is 1. The molecule has 0 fully saturated rings. The highest BCUT2D eigenvalue weighted by Gasteiger charge is 2.08. The van der Waals surface area contributed by atoms with Crippen molar-refractivity contribution in [1.82, 2.24) is 9.55 Å². The monoisotopic (exact) mass is 307 g/mol. The minimum Gasteiger partial charge on any atom is -0.377 e. The molecule has 0 saturated heterocycles. The molecule has 2 aromatic rings. The van der Waals surface area contributed by atoms with E-state index in [0.717, 1.165) is 16.0 Å². The Hall–Kier alpha value is -1.62. The fourth-order valence-electron chi connectivity index (χ4n) is 1.70. The van der Waals surface area contributed by atoms with E-state index in [9.17, 15) is 4.79 Å². The average Bonchev–Trinajstić information content (AvgIpc) is 2.73. The van der Waals surface area contributed by atoms with Crippen LogP contribution in [0.15, 0.2) is 35.1 Å². The maximum atomic E-state index is 11.6. The minimum atomic E-state index is 0.0404. The van der Waals surface area contributed by atoms with Crippen molar-refractivity contribution in [3.05, 3.63) is 46.5 Å². The van der Waals surface area contributed by atoms with Crippen LogP contribution in [0.1, 0.15) is 23.1 Å². The molecule has 0 spiro atoms. The number of halogens is 1. The summed E-state index contributed by atoms with van der Waals surface area (Å²) in [5.41, 5.74) is 1.51. The van der Waals surface area contributed by atoms with Gasteiger partial charge in [-0.25, -0.2) is 4.98 Å². The number of ketones is 1. The van der Waals surface area contributed by atoms with E-state index in [4.69, 9.17) is 0 Å². The van der Waals surface area contributed by atoms with E-state index >= 15 is 0 Å². The van der Waals surface area contributed by atoms with E-state index in [-0.39, 0.29) is 5.78 Å². The summed E-state index contributed by atoms with van der Waals surface area (Å²) in [6.07, 6.45) is 3.65. The molecule has 0 amide bonds. The van der Waals surface area contributed by atoms with E-state index < -0.39 is 0 Å². The van der Waals surface area contributed by atoms with Crippen molar-refractivity contribution in [3.8, 4) is 0 Å². The standard InChI is InChI=1S/C13H14BrN3O/c1-9(18)11-7-10(14)3-4-12(11)16-8-13-15-5-6-17(13)2/h3-7,16H,8H2,1-2H3. The molecule has 0 radical (unpaired) electrons. The lowest BCUT2D eigenvalue weighted by Crippen LogP contribution is -2.08. The number of nitrogens with one attached hydrogen (secondary N) is 1. The Balaban J connectivity index is 2.19. The van der Waals surface area contributed by atoms with Gasteiger partial charge in [0.25, 0.3) is 0 Å². The Morgan fingerprint density at radius 1 is 1.50 bits per heavy atom. The topological polar surface area (TPSA) is 46.9 Å². The number of carbonyl (C=O) groups excluding carboxylic acids is 1. The van der Waals surface area contributed by atoms with Crippen molar-refractivity contribution in [1.29, 1.82) is 0 Å². The summed E-state index contributed by atoms with van der Waals surface area (Å²) in [5.74, 6) is 0.964. The van der Waals surface area contributed by atoms with Crippen LogP contribution in [0.2, 0.25) is 0 Å². The largest absolute Gasteiger partial charge is 0.377 e. The van der Waals surface area contributed by atoms with Gasteiger partial charge in [-0.05, 0) is 25.1 Å². The van der Waals surface area contributed by atoms with Crippen LogP contribution in [-0.2, 0) is 13.6 Å². The average molecular weight is 308 g/mol. The fraction of sp³-hybridized carbons (Fsp3) is 0.231. The Labute approximate surface area is 114 Å². The molecule has 0 aliphatic carbocycles. The van der Waals surface area contributed by atoms with Crippen LogP contribution in [0.3, 0.4) is 0 Å². The Kier molecular flexibility index (Phi) is 3.81. The van der Waals surface area contributed by atoms with Gasteiger partial charge in [0.2, 0.25) is 0 Å². The summed E-state index contributed by atoms with van der Waals surface area (Å²) >= 11 is 3.37. The summed E-state index contributed by atoms with van der Waals surface area (Å²) in [7, 11) is 1.94. The van der Waals surface area contributed by atoms with E-state index in [1.165, 1.54) is 0 Å². The van der Waals surface area contributed by atoms with Crippen LogP contribution < -0.4 is 5.32 Å². The zero-order valence-corrected chi connectivity index (χ0v) is 11.9. The van der Waals surface area contributed by atoms with Gasteiger partial charge in [0, 0.05) is 35.2 Å². The molecule has 18 heavy (non-hydrogen) atoms. The Morgan fingerprint density at radius 2 is 2.28 bits per heavy atom. The van der Waals surface area contributed by atoms with Crippen LogP contribution in [-0.4, -0.2) is 15.3 Å². The van der Waals surface area contributed by atoms with Crippen molar-refractivity contribution < 1.29 is 4.79 Å². The Bertz CT molecular complexity index is 577. The Morgan fingerprint density at radius 3 is 2.89 bits per heavy atom. The third-order valence-corrected chi connectivity index (χ3v) is 3.21. The number of aromatic nitrogens is 2. The molecule has 1 N–H and O–H groups in total. The summed E-state index contributed by atoms with van der Waals surface area (Å²) in [5, 5.41) is 3.24. The van der Waals surface area contributed by atoms with Crippen molar-refractivity contribution in [2.24, 2.45) is 7.05 Å². The molecule has 2 rings (SSSR count). The molecule has 0 aliphatic heterocycles.